The molecule has 0 saturated heterocycles. The lowest BCUT2D eigenvalue weighted by Crippen LogP contribution is -2.23. The second-order valence-electron chi connectivity index (χ2n) is 4.50. The van der Waals surface area contributed by atoms with Crippen LogP contribution in [0.3, 0.4) is 0 Å². The van der Waals surface area contributed by atoms with E-state index in [1.807, 2.05) is 0 Å². The molecule has 0 spiro atoms. The van der Waals surface area contributed by atoms with Crippen LogP contribution >= 0.6 is 11.6 Å². The van der Waals surface area contributed by atoms with Gasteiger partial charge in [0.2, 0.25) is 10.0 Å². The minimum absolute atomic E-state index is 0.134. The standard InChI is InChI=1S/C14H16ClN3O2S/c1-11-16-9-7-13(18-11)10-17-21(19,20)14-4-2-12(3-5-14)6-8-15/h2-5,7,9,17H,6,8,10H2,1H3. The molecular weight excluding hydrogens is 310 g/mol. The third-order valence-electron chi connectivity index (χ3n) is 2.89. The van der Waals surface area contributed by atoms with Crippen molar-refractivity contribution in [3.63, 3.8) is 0 Å². The smallest absolute Gasteiger partial charge is 0.240 e. The number of halogens is 1. The molecule has 2 aromatic rings. The molecule has 0 atom stereocenters. The predicted molar refractivity (Wildman–Crippen MR) is 81.7 cm³/mol. The molecule has 0 bridgehead atoms. The SMILES string of the molecule is Cc1nccc(CNS(=O)(=O)c2ccc(CCCl)cc2)n1. The maximum Gasteiger partial charge on any atom is 0.240 e. The van der Waals surface area contributed by atoms with E-state index >= 15 is 0 Å². The number of aryl methyl sites for hydroxylation is 2. The highest BCUT2D eigenvalue weighted by Crippen LogP contribution is 2.12. The monoisotopic (exact) mass is 325 g/mol. The van der Waals surface area contributed by atoms with Crippen molar-refractivity contribution in [3.8, 4) is 0 Å². The highest BCUT2D eigenvalue weighted by Gasteiger charge is 2.13. The zero-order valence-electron chi connectivity index (χ0n) is 11.6. The Hall–Kier alpha value is -1.50. The summed E-state index contributed by atoms with van der Waals surface area (Å²) in [5.41, 5.74) is 1.64. The van der Waals surface area contributed by atoms with Gasteiger partial charge in [0.05, 0.1) is 17.1 Å². The summed E-state index contributed by atoms with van der Waals surface area (Å²) in [5.74, 6) is 1.12. The summed E-state index contributed by atoms with van der Waals surface area (Å²) in [6.45, 7) is 1.89. The molecular formula is C14H16ClN3O2S. The molecule has 0 aliphatic rings. The van der Waals surface area contributed by atoms with Gasteiger partial charge in [-0.15, -0.1) is 11.6 Å². The lowest BCUT2D eigenvalue weighted by Gasteiger charge is -2.07. The molecule has 21 heavy (non-hydrogen) atoms. The summed E-state index contributed by atoms with van der Waals surface area (Å²) in [4.78, 5) is 8.35. The van der Waals surface area contributed by atoms with Gasteiger partial charge in [0, 0.05) is 12.1 Å². The van der Waals surface area contributed by atoms with Crippen molar-refractivity contribution in [3.05, 3.63) is 53.6 Å². The van der Waals surface area contributed by atoms with E-state index in [2.05, 4.69) is 14.7 Å². The second kappa shape index (κ2) is 6.98. The summed E-state index contributed by atoms with van der Waals surface area (Å²) in [7, 11) is -3.55. The number of nitrogens with zero attached hydrogens (tertiary/aromatic N) is 2. The molecule has 1 aromatic heterocycles. The van der Waals surface area contributed by atoms with Crippen LogP contribution in [-0.2, 0) is 23.0 Å². The van der Waals surface area contributed by atoms with Crippen LogP contribution in [0.1, 0.15) is 17.1 Å². The van der Waals surface area contributed by atoms with Crippen LogP contribution < -0.4 is 4.72 Å². The zero-order valence-corrected chi connectivity index (χ0v) is 13.2. The van der Waals surface area contributed by atoms with Crippen LogP contribution in [-0.4, -0.2) is 24.3 Å². The molecule has 0 fully saturated rings. The maximum atomic E-state index is 12.2. The zero-order chi connectivity index (χ0) is 15.3. The van der Waals surface area contributed by atoms with Gasteiger partial charge < -0.3 is 0 Å². The molecule has 0 radical (unpaired) electrons. The molecule has 0 aliphatic carbocycles. The Morgan fingerprint density at radius 3 is 2.52 bits per heavy atom. The number of hydrogen-bond acceptors (Lipinski definition) is 4. The topological polar surface area (TPSA) is 72.0 Å². The molecule has 5 nitrogen and oxygen atoms in total. The van der Waals surface area contributed by atoms with E-state index in [-0.39, 0.29) is 11.4 Å². The van der Waals surface area contributed by atoms with Gasteiger partial charge in [0.25, 0.3) is 0 Å². The predicted octanol–water partition coefficient (Wildman–Crippen LogP) is 2.04. The van der Waals surface area contributed by atoms with Gasteiger partial charge >= 0.3 is 0 Å². The van der Waals surface area contributed by atoms with E-state index in [9.17, 15) is 8.42 Å². The van der Waals surface area contributed by atoms with Crippen LogP contribution in [0.15, 0.2) is 41.4 Å². The summed E-state index contributed by atoms with van der Waals surface area (Å²) in [6.07, 6.45) is 2.32. The fourth-order valence-corrected chi connectivity index (χ4v) is 3.02. The highest BCUT2D eigenvalue weighted by molar-refractivity contribution is 7.89. The van der Waals surface area contributed by atoms with Gasteiger partial charge in [-0.2, -0.15) is 0 Å². The van der Waals surface area contributed by atoms with Crippen molar-refractivity contribution in [2.75, 3.05) is 5.88 Å². The number of aromatic nitrogens is 2. The molecule has 2 rings (SSSR count). The first-order chi connectivity index (χ1) is 10.0. The number of sulfonamides is 1. The van der Waals surface area contributed by atoms with Crippen LogP contribution in [0.25, 0.3) is 0 Å². The van der Waals surface area contributed by atoms with Crippen LogP contribution in [0.2, 0.25) is 0 Å². The molecule has 0 aliphatic heterocycles. The van der Waals surface area contributed by atoms with Gasteiger partial charge in [0.1, 0.15) is 5.82 Å². The van der Waals surface area contributed by atoms with Crippen LogP contribution in [0.5, 0.6) is 0 Å². The van der Waals surface area contributed by atoms with E-state index in [1.54, 1.807) is 43.5 Å². The molecule has 0 saturated carbocycles. The Balaban J connectivity index is 2.07. The first-order valence-corrected chi connectivity index (χ1v) is 8.46. The fourth-order valence-electron chi connectivity index (χ4n) is 1.80. The Kier molecular flexibility index (Phi) is 5.27. The van der Waals surface area contributed by atoms with E-state index in [0.717, 1.165) is 12.0 Å². The number of nitrogens with one attached hydrogen (secondary N) is 1. The third-order valence-corrected chi connectivity index (χ3v) is 4.50. The average molecular weight is 326 g/mol. The van der Waals surface area contributed by atoms with Gasteiger partial charge in [-0.25, -0.2) is 23.1 Å². The molecule has 1 heterocycles. The van der Waals surface area contributed by atoms with Crippen LogP contribution in [0.4, 0.5) is 0 Å². The molecule has 112 valence electrons. The van der Waals surface area contributed by atoms with E-state index in [1.165, 1.54) is 0 Å². The normalized spacial score (nSPS) is 11.5. The Labute approximate surface area is 129 Å². The Morgan fingerprint density at radius 2 is 1.90 bits per heavy atom. The number of benzene rings is 1. The number of alkyl halides is 1. The van der Waals surface area contributed by atoms with Crippen molar-refractivity contribution in [1.82, 2.24) is 14.7 Å². The largest absolute Gasteiger partial charge is 0.242 e. The van der Waals surface area contributed by atoms with Crippen molar-refractivity contribution in [2.45, 2.75) is 24.8 Å². The lowest BCUT2D eigenvalue weighted by molar-refractivity contribution is 0.580. The third kappa shape index (κ3) is 4.49. The van der Waals surface area contributed by atoms with Crippen molar-refractivity contribution in [1.29, 1.82) is 0 Å². The summed E-state index contributed by atoms with van der Waals surface area (Å²) in [6, 6.07) is 8.38. The summed E-state index contributed by atoms with van der Waals surface area (Å²) < 4.78 is 26.9. The molecule has 1 aromatic carbocycles. The second-order valence-corrected chi connectivity index (χ2v) is 6.65. The number of hydrogen-bond donors (Lipinski definition) is 1. The molecule has 7 heteroatoms. The van der Waals surface area contributed by atoms with Gasteiger partial charge in [-0.1, -0.05) is 12.1 Å². The Bertz CT molecular complexity index is 702. The first-order valence-electron chi connectivity index (χ1n) is 6.44. The lowest BCUT2D eigenvalue weighted by atomic mass is 10.2. The first kappa shape index (κ1) is 15.9. The minimum Gasteiger partial charge on any atom is -0.242 e. The van der Waals surface area contributed by atoms with Crippen LogP contribution in [0, 0.1) is 6.92 Å². The van der Waals surface area contributed by atoms with E-state index in [4.69, 9.17) is 11.6 Å². The summed E-state index contributed by atoms with van der Waals surface area (Å²) in [5, 5.41) is 0. The highest BCUT2D eigenvalue weighted by atomic mass is 35.5. The Morgan fingerprint density at radius 1 is 1.19 bits per heavy atom. The van der Waals surface area contributed by atoms with Gasteiger partial charge in [-0.3, -0.25) is 0 Å². The van der Waals surface area contributed by atoms with Crippen molar-refractivity contribution >= 4 is 21.6 Å². The van der Waals surface area contributed by atoms with Crippen molar-refractivity contribution < 1.29 is 8.42 Å². The van der Waals surface area contributed by atoms with E-state index in [0.29, 0.717) is 17.4 Å². The molecule has 1 N–H and O–H groups in total. The maximum absolute atomic E-state index is 12.2. The van der Waals surface area contributed by atoms with Crippen molar-refractivity contribution in [2.24, 2.45) is 0 Å². The fraction of sp³-hybridized carbons (Fsp3) is 0.286. The van der Waals surface area contributed by atoms with Gasteiger partial charge in [-0.05, 0) is 37.1 Å². The average Bonchev–Trinajstić information content (AvgIpc) is 2.46. The minimum atomic E-state index is -3.55. The molecule has 0 unspecified atom stereocenters. The van der Waals surface area contributed by atoms with Gasteiger partial charge in [0.15, 0.2) is 0 Å². The number of rotatable bonds is 6. The summed E-state index contributed by atoms with van der Waals surface area (Å²) >= 11 is 5.65. The quantitative estimate of drug-likeness (QED) is 0.825. The van der Waals surface area contributed by atoms with E-state index < -0.39 is 10.0 Å². The molecule has 0 amide bonds.